The molecule has 2 saturated heterocycles. The number of methoxy groups -OCH3 is 2. The van der Waals surface area contributed by atoms with Gasteiger partial charge in [-0.3, -0.25) is 4.90 Å². The number of morpholine rings is 1. The van der Waals surface area contributed by atoms with Crippen LogP contribution in [0.2, 0.25) is 0 Å². The third-order valence-electron chi connectivity index (χ3n) is 5.17. The van der Waals surface area contributed by atoms with Crippen molar-refractivity contribution in [3.05, 3.63) is 23.8 Å². The molecule has 2 N–H and O–H groups in total. The van der Waals surface area contributed by atoms with Crippen LogP contribution < -0.4 is 20.1 Å². The molecule has 2 unspecified atom stereocenters. The Morgan fingerprint density at radius 2 is 2.11 bits per heavy atom. The van der Waals surface area contributed by atoms with Gasteiger partial charge in [0.05, 0.1) is 33.5 Å². The van der Waals surface area contributed by atoms with Gasteiger partial charge in [0.15, 0.2) is 17.5 Å². The lowest BCUT2D eigenvalue weighted by Gasteiger charge is -2.35. The SMILES string of the molecule is CCNC(=NCc1ccc(OC)c(OC)c1)NCC1CN2CCCC2CO1. The summed E-state index contributed by atoms with van der Waals surface area (Å²) in [6.07, 6.45) is 2.78. The van der Waals surface area contributed by atoms with E-state index in [1.165, 1.54) is 19.4 Å². The van der Waals surface area contributed by atoms with E-state index in [-0.39, 0.29) is 6.10 Å². The topological polar surface area (TPSA) is 67.4 Å². The zero-order chi connectivity index (χ0) is 19.1. The molecule has 0 saturated carbocycles. The monoisotopic (exact) mass is 376 g/mol. The zero-order valence-corrected chi connectivity index (χ0v) is 16.7. The summed E-state index contributed by atoms with van der Waals surface area (Å²) in [6, 6.07) is 6.51. The molecule has 2 aliphatic rings. The Morgan fingerprint density at radius 1 is 1.26 bits per heavy atom. The fourth-order valence-corrected chi connectivity index (χ4v) is 3.71. The highest BCUT2D eigenvalue weighted by molar-refractivity contribution is 5.79. The molecule has 7 heteroatoms. The smallest absolute Gasteiger partial charge is 0.191 e. The second kappa shape index (κ2) is 9.80. The van der Waals surface area contributed by atoms with Crippen LogP contribution in [0.1, 0.15) is 25.3 Å². The highest BCUT2D eigenvalue weighted by atomic mass is 16.5. The van der Waals surface area contributed by atoms with E-state index in [1.807, 2.05) is 18.2 Å². The Kier molecular flexibility index (Phi) is 7.18. The van der Waals surface area contributed by atoms with Crippen molar-refractivity contribution in [2.75, 3.05) is 47.0 Å². The number of nitrogens with zero attached hydrogens (tertiary/aromatic N) is 2. The highest BCUT2D eigenvalue weighted by Gasteiger charge is 2.32. The quantitative estimate of drug-likeness (QED) is 0.557. The Hall–Kier alpha value is -1.99. The summed E-state index contributed by atoms with van der Waals surface area (Å²) in [7, 11) is 3.28. The van der Waals surface area contributed by atoms with Gasteiger partial charge in [-0.15, -0.1) is 0 Å². The molecule has 0 aliphatic carbocycles. The third kappa shape index (κ3) is 5.26. The summed E-state index contributed by atoms with van der Waals surface area (Å²) in [4.78, 5) is 7.25. The first-order valence-corrected chi connectivity index (χ1v) is 9.82. The predicted molar refractivity (Wildman–Crippen MR) is 107 cm³/mol. The van der Waals surface area contributed by atoms with Crippen LogP contribution >= 0.6 is 0 Å². The van der Waals surface area contributed by atoms with Gasteiger partial charge in [-0.05, 0) is 44.0 Å². The second-order valence-electron chi connectivity index (χ2n) is 7.01. The lowest BCUT2D eigenvalue weighted by atomic mass is 10.2. The number of ether oxygens (including phenoxy) is 3. The zero-order valence-electron chi connectivity index (χ0n) is 16.7. The second-order valence-corrected chi connectivity index (χ2v) is 7.01. The van der Waals surface area contributed by atoms with Crippen LogP contribution in [0.5, 0.6) is 11.5 Å². The van der Waals surface area contributed by atoms with Crippen LogP contribution in [0.25, 0.3) is 0 Å². The van der Waals surface area contributed by atoms with E-state index in [0.717, 1.165) is 49.3 Å². The van der Waals surface area contributed by atoms with Crippen LogP contribution in [0.15, 0.2) is 23.2 Å². The van der Waals surface area contributed by atoms with Gasteiger partial charge < -0.3 is 24.8 Å². The van der Waals surface area contributed by atoms with Crippen molar-refractivity contribution in [3.63, 3.8) is 0 Å². The molecule has 150 valence electrons. The van der Waals surface area contributed by atoms with Crippen LogP contribution in [0.4, 0.5) is 0 Å². The number of hydrogen-bond donors (Lipinski definition) is 2. The van der Waals surface area contributed by atoms with Crippen molar-refractivity contribution >= 4 is 5.96 Å². The van der Waals surface area contributed by atoms with E-state index >= 15 is 0 Å². The highest BCUT2D eigenvalue weighted by Crippen LogP contribution is 2.27. The molecule has 2 heterocycles. The van der Waals surface area contributed by atoms with Crippen LogP contribution in [-0.4, -0.2) is 70.0 Å². The first-order chi connectivity index (χ1) is 13.2. The summed E-state index contributed by atoms with van der Waals surface area (Å²) in [5.74, 6) is 2.25. The molecule has 0 radical (unpaired) electrons. The first kappa shape index (κ1) is 19.8. The summed E-state index contributed by atoms with van der Waals surface area (Å²) in [5.41, 5.74) is 1.07. The van der Waals surface area contributed by atoms with Crippen molar-refractivity contribution in [2.24, 2.45) is 4.99 Å². The molecule has 3 rings (SSSR count). The van der Waals surface area contributed by atoms with Gasteiger partial charge >= 0.3 is 0 Å². The molecule has 0 aromatic heterocycles. The molecule has 1 aromatic rings. The maximum Gasteiger partial charge on any atom is 0.191 e. The van der Waals surface area contributed by atoms with Crippen molar-refractivity contribution < 1.29 is 14.2 Å². The van der Waals surface area contributed by atoms with E-state index in [1.54, 1.807) is 14.2 Å². The van der Waals surface area contributed by atoms with Crippen molar-refractivity contribution in [1.29, 1.82) is 0 Å². The number of guanidine groups is 1. The number of hydrogen-bond acceptors (Lipinski definition) is 5. The number of fused-ring (bicyclic) bond motifs is 1. The molecule has 2 atom stereocenters. The molecule has 0 spiro atoms. The van der Waals surface area contributed by atoms with E-state index in [0.29, 0.717) is 12.6 Å². The molecule has 0 bridgehead atoms. The average molecular weight is 377 g/mol. The minimum atomic E-state index is 0.212. The Balaban J connectivity index is 1.55. The maximum absolute atomic E-state index is 6.02. The Labute approximate surface area is 162 Å². The number of nitrogens with one attached hydrogen (secondary N) is 2. The first-order valence-electron chi connectivity index (χ1n) is 9.82. The third-order valence-corrected chi connectivity index (χ3v) is 5.17. The molecule has 0 amide bonds. The van der Waals surface area contributed by atoms with Gasteiger partial charge in [-0.1, -0.05) is 6.07 Å². The lowest BCUT2D eigenvalue weighted by Crippen LogP contribution is -2.51. The van der Waals surface area contributed by atoms with Gasteiger partial charge in [0, 0.05) is 25.7 Å². The van der Waals surface area contributed by atoms with Crippen LogP contribution in [-0.2, 0) is 11.3 Å². The number of rotatable bonds is 7. The molecule has 2 aliphatic heterocycles. The summed E-state index contributed by atoms with van der Waals surface area (Å²) in [6.45, 7) is 7.28. The van der Waals surface area contributed by atoms with Gasteiger partial charge in [-0.25, -0.2) is 4.99 Å². The lowest BCUT2D eigenvalue weighted by molar-refractivity contribution is -0.0453. The van der Waals surface area contributed by atoms with E-state index in [2.05, 4.69) is 22.5 Å². The standard InChI is InChI=1S/C20H32N4O3/c1-4-21-20(22-11-15-7-8-18(25-2)19(10-15)26-3)23-12-17-13-24-9-5-6-16(24)14-27-17/h7-8,10,16-17H,4-6,9,11-14H2,1-3H3,(H2,21,22,23). The minimum absolute atomic E-state index is 0.212. The van der Waals surface area contributed by atoms with Crippen molar-refractivity contribution in [2.45, 2.75) is 38.5 Å². The van der Waals surface area contributed by atoms with E-state index < -0.39 is 0 Å². The maximum atomic E-state index is 6.02. The van der Waals surface area contributed by atoms with Crippen molar-refractivity contribution in [3.8, 4) is 11.5 Å². The summed E-state index contributed by atoms with van der Waals surface area (Å²) in [5, 5.41) is 6.73. The summed E-state index contributed by atoms with van der Waals surface area (Å²) < 4.78 is 16.7. The Morgan fingerprint density at radius 3 is 2.89 bits per heavy atom. The van der Waals surface area contributed by atoms with Gasteiger partial charge in [0.2, 0.25) is 0 Å². The van der Waals surface area contributed by atoms with Gasteiger partial charge in [-0.2, -0.15) is 0 Å². The largest absolute Gasteiger partial charge is 0.493 e. The molecule has 1 aromatic carbocycles. The van der Waals surface area contributed by atoms with Crippen LogP contribution in [0, 0.1) is 0 Å². The van der Waals surface area contributed by atoms with Gasteiger partial charge in [0.1, 0.15) is 0 Å². The van der Waals surface area contributed by atoms with E-state index in [4.69, 9.17) is 19.2 Å². The summed E-state index contributed by atoms with van der Waals surface area (Å²) >= 11 is 0. The fourth-order valence-electron chi connectivity index (χ4n) is 3.71. The average Bonchev–Trinajstić information content (AvgIpc) is 3.17. The fraction of sp³-hybridized carbons (Fsp3) is 0.650. The van der Waals surface area contributed by atoms with E-state index in [9.17, 15) is 0 Å². The molecule has 7 nitrogen and oxygen atoms in total. The molecule has 2 fully saturated rings. The minimum Gasteiger partial charge on any atom is -0.493 e. The molecular weight excluding hydrogens is 344 g/mol. The molecule has 27 heavy (non-hydrogen) atoms. The van der Waals surface area contributed by atoms with Crippen molar-refractivity contribution in [1.82, 2.24) is 15.5 Å². The molecular formula is C20H32N4O3. The predicted octanol–water partition coefficient (Wildman–Crippen LogP) is 1.62. The van der Waals surface area contributed by atoms with Crippen LogP contribution in [0.3, 0.4) is 0 Å². The van der Waals surface area contributed by atoms with Gasteiger partial charge in [0.25, 0.3) is 0 Å². The normalized spacial score (nSPS) is 23.0. The number of aliphatic imine (C=N–C) groups is 1. The number of benzene rings is 1. The Bertz CT molecular complexity index is 638.